The molecule has 2 atom stereocenters. The van der Waals surface area contributed by atoms with Crippen molar-refractivity contribution in [1.82, 2.24) is 10.2 Å². The van der Waals surface area contributed by atoms with Crippen LogP contribution in [0.5, 0.6) is 0 Å². The first-order valence-electron chi connectivity index (χ1n) is 8.78. The highest BCUT2D eigenvalue weighted by molar-refractivity contribution is 9.10. The van der Waals surface area contributed by atoms with Crippen LogP contribution in [-0.2, 0) is 4.75 Å². The number of likely N-dealkylation sites (tertiary alicyclic amines) is 1. The minimum atomic E-state index is -0.108. The molecule has 140 valence electrons. The molecule has 2 aliphatic heterocycles. The zero-order valence-corrected chi connectivity index (χ0v) is 17.9. The van der Waals surface area contributed by atoms with Crippen LogP contribution in [0, 0.1) is 5.92 Å². The van der Waals surface area contributed by atoms with E-state index in [1.165, 1.54) is 4.88 Å². The lowest BCUT2D eigenvalue weighted by Crippen LogP contribution is -2.42. The van der Waals surface area contributed by atoms with Gasteiger partial charge in [-0.3, -0.25) is 14.7 Å². The maximum atomic E-state index is 12.6. The number of hydrogen-bond acceptors (Lipinski definition) is 5. The van der Waals surface area contributed by atoms with Crippen LogP contribution >= 0.6 is 39.0 Å². The number of benzene rings is 1. The van der Waals surface area contributed by atoms with Crippen molar-refractivity contribution in [3.05, 3.63) is 69.3 Å². The standard InChI is InChI=1S/C20H20BrN3OS2/c1-2-8-24-11-15-10-22-19(23-18(25)14-6-4-3-5-7-14)27-20(15,13-24)17-9-16(21)12-26-17/h2-7,9,12,15H,1,8,10-11,13H2,(H,22,23,25). The van der Waals surface area contributed by atoms with Crippen LogP contribution < -0.4 is 5.32 Å². The first-order valence-corrected chi connectivity index (χ1v) is 11.3. The Morgan fingerprint density at radius 1 is 1.44 bits per heavy atom. The van der Waals surface area contributed by atoms with Crippen molar-refractivity contribution >= 4 is 50.1 Å². The largest absolute Gasteiger partial charge is 0.301 e. The summed E-state index contributed by atoms with van der Waals surface area (Å²) in [5.74, 6) is 0.314. The van der Waals surface area contributed by atoms with Crippen molar-refractivity contribution in [3.63, 3.8) is 0 Å². The van der Waals surface area contributed by atoms with E-state index in [1.807, 2.05) is 36.4 Å². The number of amides is 1. The van der Waals surface area contributed by atoms with Crippen molar-refractivity contribution < 1.29 is 4.79 Å². The van der Waals surface area contributed by atoms with E-state index < -0.39 is 0 Å². The molecule has 2 unspecified atom stereocenters. The maximum absolute atomic E-state index is 12.6. The molecule has 27 heavy (non-hydrogen) atoms. The van der Waals surface area contributed by atoms with E-state index in [4.69, 9.17) is 4.99 Å². The van der Waals surface area contributed by atoms with Gasteiger partial charge in [0.2, 0.25) is 0 Å². The normalized spacial score (nSPS) is 24.9. The van der Waals surface area contributed by atoms with Gasteiger partial charge in [0.15, 0.2) is 5.17 Å². The Morgan fingerprint density at radius 2 is 2.26 bits per heavy atom. The minimum absolute atomic E-state index is 0.0826. The Hall–Kier alpha value is -1.41. The Balaban J connectivity index is 1.59. The maximum Gasteiger partial charge on any atom is 0.257 e. The smallest absolute Gasteiger partial charge is 0.257 e. The topological polar surface area (TPSA) is 44.7 Å². The summed E-state index contributed by atoms with van der Waals surface area (Å²) in [7, 11) is 0. The molecule has 4 nitrogen and oxygen atoms in total. The second kappa shape index (κ2) is 7.91. The summed E-state index contributed by atoms with van der Waals surface area (Å²) < 4.78 is 1.02. The molecule has 0 spiro atoms. The van der Waals surface area contributed by atoms with Gasteiger partial charge in [0, 0.05) is 52.4 Å². The lowest BCUT2D eigenvalue weighted by atomic mass is 9.93. The first-order chi connectivity index (χ1) is 13.1. The highest BCUT2D eigenvalue weighted by Crippen LogP contribution is 2.52. The number of halogens is 1. The highest BCUT2D eigenvalue weighted by atomic mass is 79.9. The second-order valence-electron chi connectivity index (χ2n) is 6.77. The first kappa shape index (κ1) is 18.9. The van der Waals surface area contributed by atoms with Crippen LogP contribution in [0.3, 0.4) is 0 Å². The van der Waals surface area contributed by atoms with E-state index in [1.54, 1.807) is 23.1 Å². The van der Waals surface area contributed by atoms with Gasteiger partial charge >= 0.3 is 0 Å². The van der Waals surface area contributed by atoms with Crippen molar-refractivity contribution in [2.75, 3.05) is 26.2 Å². The van der Waals surface area contributed by atoms with E-state index >= 15 is 0 Å². The average molecular weight is 462 g/mol. The van der Waals surface area contributed by atoms with Crippen molar-refractivity contribution in [3.8, 4) is 0 Å². The molecule has 7 heteroatoms. The molecule has 1 aromatic heterocycles. The predicted molar refractivity (Wildman–Crippen MR) is 118 cm³/mol. The van der Waals surface area contributed by atoms with Crippen LogP contribution in [0.4, 0.5) is 0 Å². The van der Waals surface area contributed by atoms with E-state index in [-0.39, 0.29) is 10.7 Å². The molecule has 2 aliphatic rings. The van der Waals surface area contributed by atoms with Gasteiger partial charge in [0.1, 0.15) is 0 Å². The molecule has 1 amide bonds. The summed E-state index contributed by atoms with van der Waals surface area (Å²) in [6, 6.07) is 11.5. The molecule has 1 N–H and O–H groups in total. The monoisotopic (exact) mass is 461 g/mol. The molecule has 2 aromatic rings. The molecular formula is C20H20BrN3OS2. The van der Waals surface area contributed by atoms with Crippen molar-refractivity contribution in [1.29, 1.82) is 0 Å². The number of aliphatic imine (C=N–C) groups is 1. The summed E-state index contributed by atoms with van der Waals surface area (Å²) in [5, 5.41) is 5.87. The fourth-order valence-corrected chi connectivity index (χ4v) is 6.93. The quantitative estimate of drug-likeness (QED) is 0.687. The van der Waals surface area contributed by atoms with Gasteiger partial charge in [0.25, 0.3) is 5.91 Å². The van der Waals surface area contributed by atoms with Gasteiger partial charge in [0.05, 0.1) is 4.75 Å². The van der Waals surface area contributed by atoms with E-state index in [9.17, 15) is 4.79 Å². The van der Waals surface area contributed by atoms with E-state index in [2.05, 4.69) is 44.2 Å². The zero-order valence-electron chi connectivity index (χ0n) is 14.7. The summed E-state index contributed by atoms with van der Waals surface area (Å²) in [5.41, 5.74) is 0.649. The summed E-state index contributed by atoms with van der Waals surface area (Å²) in [6.45, 7) is 7.41. The van der Waals surface area contributed by atoms with Gasteiger partial charge in [-0.15, -0.1) is 17.9 Å². The van der Waals surface area contributed by atoms with Crippen LogP contribution in [0.2, 0.25) is 0 Å². The van der Waals surface area contributed by atoms with Crippen LogP contribution in [0.25, 0.3) is 0 Å². The number of hydrogen-bond donors (Lipinski definition) is 1. The number of nitrogens with one attached hydrogen (secondary N) is 1. The number of thioether (sulfide) groups is 1. The summed E-state index contributed by atoms with van der Waals surface area (Å²) >= 11 is 7.07. The SMILES string of the molecule is C=CCN1CC2CN=C(NC(=O)c3ccccc3)SC2(c2cc(Br)cs2)C1. The molecule has 0 bridgehead atoms. The third-order valence-electron chi connectivity index (χ3n) is 4.96. The van der Waals surface area contributed by atoms with E-state index in [0.29, 0.717) is 16.6 Å². The van der Waals surface area contributed by atoms with Crippen LogP contribution in [-0.4, -0.2) is 42.2 Å². The molecule has 1 saturated heterocycles. The molecule has 3 heterocycles. The number of thiophene rings is 1. The number of carbonyl (C=O) groups excluding carboxylic acids is 1. The molecule has 0 saturated carbocycles. The minimum Gasteiger partial charge on any atom is -0.301 e. The van der Waals surface area contributed by atoms with Crippen LogP contribution in [0.1, 0.15) is 15.2 Å². The van der Waals surface area contributed by atoms with Crippen molar-refractivity contribution in [2.45, 2.75) is 4.75 Å². The highest BCUT2D eigenvalue weighted by Gasteiger charge is 2.51. The Labute approximate surface area is 175 Å². The lowest BCUT2D eigenvalue weighted by Gasteiger charge is -2.36. The fraction of sp³-hybridized carbons (Fsp3) is 0.300. The number of amidine groups is 1. The van der Waals surface area contributed by atoms with Crippen LogP contribution in [0.15, 0.2) is 63.9 Å². The third-order valence-corrected chi connectivity index (χ3v) is 8.43. The van der Waals surface area contributed by atoms with E-state index in [0.717, 1.165) is 30.7 Å². The molecule has 0 radical (unpaired) electrons. The zero-order chi connectivity index (χ0) is 18.9. The van der Waals surface area contributed by atoms with Gasteiger partial charge in [-0.1, -0.05) is 36.0 Å². The van der Waals surface area contributed by atoms with Gasteiger partial charge < -0.3 is 5.32 Å². The summed E-state index contributed by atoms with van der Waals surface area (Å²) in [6.07, 6.45) is 1.96. The van der Waals surface area contributed by atoms with Gasteiger partial charge in [-0.05, 0) is 34.1 Å². The molecule has 1 fully saturated rings. The summed E-state index contributed by atoms with van der Waals surface area (Å²) in [4.78, 5) is 21.0. The average Bonchev–Trinajstić information content (AvgIpc) is 3.26. The number of carbonyl (C=O) groups is 1. The third kappa shape index (κ3) is 3.78. The fourth-order valence-electron chi connectivity index (χ4n) is 3.71. The van der Waals surface area contributed by atoms with Gasteiger partial charge in [-0.25, -0.2) is 0 Å². The Morgan fingerprint density at radius 3 is 2.96 bits per heavy atom. The number of fused-ring (bicyclic) bond motifs is 1. The molecular weight excluding hydrogens is 442 g/mol. The predicted octanol–water partition coefficient (Wildman–Crippen LogP) is 4.36. The van der Waals surface area contributed by atoms with Crippen molar-refractivity contribution in [2.24, 2.45) is 10.9 Å². The lowest BCUT2D eigenvalue weighted by molar-refractivity contribution is 0.0977. The Bertz CT molecular complexity index is 882. The Kier molecular flexibility index (Phi) is 5.55. The number of rotatable bonds is 4. The van der Waals surface area contributed by atoms with Gasteiger partial charge in [-0.2, -0.15) is 0 Å². The second-order valence-corrected chi connectivity index (χ2v) is 9.91. The molecule has 1 aromatic carbocycles. The number of nitrogens with zero attached hydrogens (tertiary/aromatic N) is 2. The molecule has 4 rings (SSSR count). The molecule has 0 aliphatic carbocycles.